The highest BCUT2D eigenvalue weighted by atomic mass is 16.6. The number of rotatable bonds is 3. The van der Waals surface area contributed by atoms with Crippen LogP contribution < -0.4 is 5.73 Å². The summed E-state index contributed by atoms with van der Waals surface area (Å²) in [6.45, 7) is 4.83. The molecular formula is C22H29N3O4. The number of pyridine rings is 1. The molecule has 7 heteroatoms. The van der Waals surface area contributed by atoms with Crippen LogP contribution in [0.1, 0.15) is 38.8 Å². The van der Waals surface area contributed by atoms with E-state index in [4.69, 9.17) is 15.2 Å². The van der Waals surface area contributed by atoms with Gasteiger partial charge in [0.2, 0.25) is 0 Å². The summed E-state index contributed by atoms with van der Waals surface area (Å²) in [5.74, 6) is 0.207. The third-order valence-corrected chi connectivity index (χ3v) is 6.68. The van der Waals surface area contributed by atoms with Gasteiger partial charge in [-0.3, -0.25) is 9.78 Å². The van der Waals surface area contributed by atoms with Crippen molar-refractivity contribution in [2.45, 2.75) is 45.3 Å². The zero-order chi connectivity index (χ0) is 20.5. The fourth-order valence-corrected chi connectivity index (χ4v) is 5.48. The van der Waals surface area contributed by atoms with Crippen LogP contribution in [-0.2, 0) is 14.3 Å². The molecule has 1 aliphatic carbocycles. The van der Waals surface area contributed by atoms with Gasteiger partial charge in [0.25, 0.3) is 0 Å². The van der Waals surface area contributed by atoms with E-state index >= 15 is 0 Å². The highest BCUT2D eigenvalue weighted by molar-refractivity contribution is 5.76. The molecule has 1 aromatic rings. The number of allylic oxidation sites excluding steroid dienone is 1. The number of aromatic nitrogens is 1. The summed E-state index contributed by atoms with van der Waals surface area (Å²) < 4.78 is 10.9. The van der Waals surface area contributed by atoms with Crippen LogP contribution in [0.15, 0.2) is 24.4 Å². The van der Waals surface area contributed by atoms with E-state index < -0.39 is 0 Å². The van der Waals surface area contributed by atoms with Crippen molar-refractivity contribution in [3.05, 3.63) is 30.1 Å². The normalized spacial score (nSPS) is 33.9. The van der Waals surface area contributed by atoms with Crippen molar-refractivity contribution < 1.29 is 19.1 Å². The Balaban J connectivity index is 1.65. The second-order valence-corrected chi connectivity index (χ2v) is 8.28. The molecule has 0 spiro atoms. The average Bonchev–Trinajstić information content (AvgIpc) is 3.00. The van der Waals surface area contributed by atoms with Gasteiger partial charge in [-0.25, -0.2) is 4.79 Å². The van der Waals surface area contributed by atoms with E-state index in [1.54, 1.807) is 6.20 Å². The smallest absolute Gasteiger partial charge is 0.410 e. The molecule has 0 bridgehead atoms. The van der Waals surface area contributed by atoms with Gasteiger partial charge in [0.1, 0.15) is 6.10 Å². The Kier molecular flexibility index (Phi) is 5.48. The van der Waals surface area contributed by atoms with E-state index in [1.165, 1.54) is 0 Å². The van der Waals surface area contributed by atoms with E-state index in [2.05, 4.69) is 11.1 Å². The van der Waals surface area contributed by atoms with Crippen LogP contribution in [0.25, 0.3) is 6.08 Å². The number of likely N-dealkylation sites (tertiary alicyclic amines) is 1. The quantitative estimate of drug-likeness (QED) is 0.785. The van der Waals surface area contributed by atoms with Crippen molar-refractivity contribution in [3.8, 4) is 0 Å². The predicted molar refractivity (Wildman–Crippen MR) is 109 cm³/mol. The summed E-state index contributed by atoms with van der Waals surface area (Å²) in [5, 5.41) is 0. The van der Waals surface area contributed by atoms with E-state index in [1.807, 2.05) is 37.0 Å². The topological polar surface area (TPSA) is 94.8 Å². The van der Waals surface area contributed by atoms with Crippen molar-refractivity contribution >= 4 is 23.8 Å². The first-order chi connectivity index (χ1) is 14.0. The summed E-state index contributed by atoms with van der Waals surface area (Å²) in [7, 11) is 0. The van der Waals surface area contributed by atoms with Gasteiger partial charge < -0.3 is 20.1 Å². The predicted octanol–water partition coefficient (Wildman–Crippen LogP) is 3.11. The zero-order valence-corrected chi connectivity index (χ0v) is 17.0. The van der Waals surface area contributed by atoms with Crippen LogP contribution in [0.3, 0.4) is 0 Å². The Morgan fingerprint density at radius 2 is 2.28 bits per heavy atom. The molecule has 156 valence electrons. The van der Waals surface area contributed by atoms with E-state index in [0.717, 1.165) is 18.5 Å². The van der Waals surface area contributed by atoms with Gasteiger partial charge in [-0.05, 0) is 63.2 Å². The Hall–Kier alpha value is -2.57. The number of esters is 1. The summed E-state index contributed by atoms with van der Waals surface area (Å²) >= 11 is 0. The Bertz CT molecular complexity index is 794. The van der Waals surface area contributed by atoms with Gasteiger partial charge in [-0.15, -0.1) is 0 Å². The fourth-order valence-electron chi connectivity index (χ4n) is 5.48. The van der Waals surface area contributed by atoms with E-state index in [0.29, 0.717) is 25.3 Å². The molecule has 0 aromatic carbocycles. The number of amides is 1. The molecule has 4 rings (SSSR count). The van der Waals surface area contributed by atoms with Crippen molar-refractivity contribution in [3.63, 3.8) is 0 Å². The first-order valence-corrected chi connectivity index (χ1v) is 10.5. The Morgan fingerprint density at radius 1 is 1.45 bits per heavy atom. The summed E-state index contributed by atoms with van der Waals surface area (Å²) in [4.78, 5) is 31.3. The van der Waals surface area contributed by atoms with E-state index in [-0.39, 0.29) is 47.9 Å². The summed E-state index contributed by atoms with van der Waals surface area (Å²) in [6.07, 6.45) is 8.02. The van der Waals surface area contributed by atoms with E-state index in [9.17, 15) is 9.59 Å². The van der Waals surface area contributed by atoms with Gasteiger partial charge >= 0.3 is 12.1 Å². The number of piperidine rings is 1. The maximum absolute atomic E-state index is 12.6. The van der Waals surface area contributed by atoms with Gasteiger partial charge in [0.15, 0.2) is 0 Å². The number of fused-ring (bicyclic) bond motifs is 2. The van der Waals surface area contributed by atoms with Crippen LogP contribution in [0.4, 0.5) is 10.5 Å². The van der Waals surface area contributed by atoms with Crippen LogP contribution in [0.2, 0.25) is 0 Å². The zero-order valence-electron chi connectivity index (χ0n) is 17.0. The number of hydrogen-bond acceptors (Lipinski definition) is 6. The highest BCUT2D eigenvalue weighted by Gasteiger charge is 2.56. The third kappa shape index (κ3) is 3.70. The second-order valence-electron chi connectivity index (χ2n) is 8.28. The molecule has 6 atom stereocenters. The molecule has 1 aromatic heterocycles. The first-order valence-electron chi connectivity index (χ1n) is 10.5. The number of hydrogen-bond donors (Lipinski definition) is 1. The molecule has 29 heavy (non-hydrogen) atoms. The molecule has 1 saturated carbocycles. The van der Waals surface area contributed by atoms with Gasteiger partial charge in [0.05, 0.1) is 30.1 Å². The van der Waals surface area contributed by atoms with Crippen molar-refractivity contribution in [1.29, 1.82) is 0 Å². The number of anilines is 1. The van der Waals surface area contributed by atoms with Gasteiger partial charge in [0, 0.05) is 18.5 Å². The lowest BCUT2D eigenvalue weighted by Crippen LogP contribution is -2.56. The van der Waals surface area contributed by atoms with Gasteiger partial charge in [-0.1, -0.05) is 6.08 Å². The molecular weight excluding hydrogens is 370 g/mol. The number of nitrogens with zero attached hydrogens (tertiary/aromatic N) is 2. The number of cyclic esters (lactones) is 1. The molecule has 7 nitrogen and oxygen atoms in total. The van der Waals surface area contributed by atoms with Crippen LogP contribution in [0.5, 0.6) is 0 Å². The largest absolute Gasteiger partial charge is 0.462 e. The fraction of sp³-hybridized carbons (Fsp3) is 0.591. The van der Waals surface area contributed by atoms with Gasteiger partial charge in [-0.2, -0.15) is 0 Å². The minimum Gasteiger partial charge on any atom is -0.462 e. The molecule has 2 aliphatic heterocycles. The monoisotopic (exact) mass is 399 g/mol. The minimum absolute atomic E-state index is 0.00377. The second kappa shape index (κ2) is 8.05. The van der Waals surface area contributed by atoms with Crippen LogP contribution in [-0.4, -0.2) is 47.2 Å². The lowest BCUT2D eigenvalue weighted by atomic mass is 9.61. The minimum atomic E-state index is -0.275. The molecule has 3 heterocycles. The van der Waals surface area contributed by atoms with Crippen molar-refractivity contribution in [2.75, 3.05) is 18.9 Å². The number of nitrogens with two attached hydrogens (primary N) is 1. The van der Waals surface area contributed by atoms with Crippen molar-refractivity contribution in [1.82, 2.24) is 9.88 Å². The highest BCUT2D eigenvalue weighted by Crippen LogP contribution is 2.51. The lowest BCUT2D eigenvalue weighted by Gasteiger charge is -2.50. The third-order valence-electron chi connectivity index (χ3n) is 6.68. The maximum Gasteiger partial charge on any atom is 0.410 e. The standard InChI is InChI=1S/C22H29N3O4/c1-3-28-22(27)25-10-4-5-16-17(9-8-15-7-6-14(23)12-24-15)20-13(2)29-21(26)18(20)11-19(16)25/h6-9,12-13,16-20H,3-5,10-11,23H2,1-2H3/b9-8+/t13-,16+,17+,18-,19+,20+/m1/s1. The number of ether oxygens (including phenoxy) is 2. The number of nitrogen functional groups attached to an aromatic ring is 1. The number of carbonyl (C=O) groups excluding carboxylic acids is 2. The SMILES string of the molecule is CCOC(=O)N1CCC[C@H]2[C@H](/C=C/c3ccc(N)cn3)[C@@H]3[C@@H](C)OC(=O)[C@@H]3C[C@@H]21. The Labute approximate surface area is 171 Å². The molecule has 3 aliphatic rings. The number of carbonyl (C=O) groups is 2. The average molecular weight is 399 g/mol. The summed E-state index contributed by atoms with van der Waals surface area (Å²) in [5.41, 5.74) is 7.19. The molecule has 2 saturated heterocycles. The van der Waals surface area contributed by atoms with Crippen LogP contribution >= 0.6 is 0 Å². The molecule has 0 radical (unpaired) electrons. The first kappa shape index (κ1) is 19.7. The Morgan fingerprint density at radius 3 is 3.00 bits per heavy atom. The molecule has 0 unspecified atom stereocenters. The lowest BCUT2D eigenvalue weighted by molar-refractivity contribution is -0.144. The van der Waals surface area contributed by atoms with Crippen molar-refractivity contribution in [2.24, 2.45) is 23.7 Å². The van der Waals surface area contributed by atoms with Crippen LogP contribution in [0, 0.1) is 23.7 Å². The summed E-state index contributed by atoms with van der Waals surface area (Å²) in [6, 6.07) is 3.71. The molecule has 1 amide bonds. The maximum atomic E-state index is 12.6. The molecule has 2 N–H and O–H groups in total. The molecule has 3 fully saturated rings.